The van der Waals surface area contributed by atoms with Gasteiger partial charge in [0, 0.05) is 40.3 Å². The van der Waals surface area contributed by atoms with Crippen molar-refractivity contribution in [2.45, 2.75) is 0 Å². The summed E-state index contributed by atoms with van der Waals surface area (Å²) in [4.78, 5) is 4.48. The zero-order valence-corrected chi connectivity index (χ0v) is 17.5. The second kappa shape index (κ2) is 13.7. The molecule has 0 fully saturated rings. The van der Waals surface area contributed by atoms with E-state index < -0.39 is 0 Å². The van der Waals surface area contributed by atoms with E-state index in [2.05, 4.69) is 47.4 Å². The second-order valence-corrected chi connectivity index (χ2v) is 5.67. The van der Waals surface area contributed by atoms with Crippen LogP contribution in [0, 0.1) is 0 Å². The molecule has 0 radical (unpaired) electrons. The molecule has 150 valence electrons. The first-order valence-electron chi connectivity index (χ1n) is 8.68. The third-order valence-corrected chi connectivity index (χ3v) is 3.83. The van der Waals surface area contributed by atoms with Gasteiger partial charge in [0.1, 0.15) is 0 Å². The maximum Gasteiger partial charge on any atom is 0.00825 e. The van der Waals surface area contributed by atoms with Crippen LogP contribution in [0.5, 0.6) is 0 Å². The van der Waals surface area contributed by atoms with E-state index >= 15 is 0 Å². The van der Waals surface area contributed by atoms with Crippen molar-refractivity contribution >= 4 is 0 Å². The van der Waals surface area contributed by atoms with E-state index in [0.29, 0.717) is 0 Å². The molecule has 0 saturated carbocycles. The Labute approximate surface area is 188 Å². The van der Waals surface area contributed by atoms with Gasteiger partial charge in [-0.2, -0.15) is 66.2 Å². The molecule has 0 aliphatic rings. The summed E-state index contributed by atoms with van der Waals surface area (Å²) < 4.78 is 0. The van der Waals surface area contributed by atoms with Gasteiger partial charge >= 0.3 is 0 Å². The summed E-state index contributed by atoms with van der Waals surface area (Å²) in [7, 11) is 0. The van der Waals surface area contributed by atoms with Gasteiger partial charge in [-0.05, 0) is 0 Å². The van der Waals surface area contributed by atoms with Gasteiger partial charge in [0.2, 0.25) is 0 Å². The van der Waals surface area contributed by atoms with Crippen molar-refractivity contribution in [1.82, 2.24) is 4.98 Å². The summed E-state index contributed by atoms with van der Waals surface area (Å²) in [5, 5.41) is 0. The quantitative estimate of drug-likeness (QED) is 0.218. The van der Waals surface area contributed by atoms with E-state index in [0.717, 1.165) is 5.69 Å². The van der Waals surface area contributed by atoms with Crippen LogP contribution >= 0.6 is 0 Å². The molecular weight excluding hydrogens is 426 g/mol. The smallest absolute Gasteiger partial charge is 0.00825 e. The molecule has 0 atom stereocenters. The van der Waals surface area contributed by atoms with E-state index in [4.69, 9.17) is 0 Å². The monoisotopic (exact) mass is 447 g/mol. The van der Waals surface area contributed by atoms with Crippen LogP contribution in [0.25, 0.3) is 22.4 Å². The van der Waals surface area contributed by atoms with E-state index in [1.165, 1.54) is 16.7 Å². The summed E-state index contributed by atoms with van der Waals surface area (Å²) in [6.45, 7) is 0. The van der Waals surface area contributed by atoms with Gasteiger partial charge < -0.3 is 35.3 Å². The molecule has 0 bridgehead atoms. The summed E-state index contributed by atoms with van der Waals surface area (Å²) in [6.07, 6.45) is 1.84. The van der Waals surface area contributed by atoms with Crippen molar-refractivity contribution in [3.05, 3.63) is 128 Å². The van der Waals surface area contributed by atoms with Gasteiger partial charge in [-0.1, -0.05) is 11.8 Å². The predicted octanol–water partition coefficient (Wildman–Crippen LogP) is 6.66. The molecule has 28 heavy (non-hydrogen) atoms. The Kier molecular flexibility index (Phi) is 11.6. The number of aromatic nitrogens is 1. The fourth-order valence-electron chi connectivity index (χ4n) is 2.60. The fraction of sp³-hybridized carbons (Fsp3) is 0. The SMILES string of the molecule is [Fe].[Fe].[cH-]1[cH-][cH-][cH-][cH-]1.c1cc[cH-]c1.c1cnc(-[c-]2cccc2)c(-[c-]2cccc2)c1. The first-order valence-corrected chi connectivity index (χ1v) is 8.68. The van der Waals surface area contributed by atoms with Crippen molar-refractivity contribution in [2.24, 2.45) is 0 Å². The van der Waals surface area contributed by atoms with Crippen molar-refractivity contribution in [2.75, 3.05) is 0 Å². The molecule has 0 spiro atoms. The molecule has 0 N–H and O–H groups in total. The zero-order valence-electron chi connectivity index (χ0n) is 15.3. The minimum atomic E-state index is 0. The van der Waals surface area contributed by atoms with Crippen LogP contribution in [0.3, 0.4) is 0 Å². The van der Waals surface area contributed by atoms with Crippen molar-refractivity contribution in [3.63, 3.8) is 0 Å². The van der Waals surface area contributed by atoms with Gasteiger partial charge in [-0.3, -0.25) is 0 Å². The second-order valence-electron chi connectivity index (χ2n) is 5.67. The normalized spacial score (nSPS) is 8.86. The van der Waals surface area contributed by atoms with Crippen molar-refractivity contribution in [1.29, 1.82) is 0 Å². The van der Waals surface area contributed by atoms with Gasteiger partial charge in [0.25, 0.3) is 0 Å². The first-order chi connectivity index (χ1) is 12.9. The molecule has 1 nitrogen and oxygen atoms in total. The molecule has 1 aromatic heterocycles. The van der Waals surface area contributed by atoms with E-state index in [9.17, 15) is 0 Å². The molecule has 0 saturated heterocycles. The third-order valence-electron chi connectivity index (χ3n) is 3.83. The zero-order chi connectivity index (χ0) is 17.9. The number of rotatable bonds is 2. The van der Waals surface area contributed by atoms with Crippen molar-refractivity contribution < 1.29 is 34.1 Å². The number of nitrogens with zero attached hydrogens (tertiary/aromatic N) is 1. The van der Waals surface area contributed by atoms with Crippen LogP contribution in [-0.2, 0) is 34.1 Å². The molecule has 0 amide bonds. The maximum atomic E-state index is 4.48. The molecule has 3 heteroatoms. The molecular formula is C25H21Fe2N-8. The first kappa shape index (κ1) is 23.6. The van der Waals surface area contributed by atoms with Gasteiger partial charge in [-0.15, -0.1) is 23.3 Å². The standard InChI is InChI=1S/C15H11N.2C5H5.2Fe/c1-2-7-12(6-1)14-10-5-11-16-15(14)13-8-3-4-9-13;2*1-2-4-5-3-1;;/h1-11H;2*1-5H;;/q-2;-5;-1;;. The molecule has 1 heterocycles. The average Bonchev–Trinajstić information content (AvgIpc) is 3.50. The number of hydrogen-bond donors (Lipinski definition) is 0. The van der Waals surface area contributed by atoms with E-state index in [-0.39, 0.29) is 34.1 Å². The number of pyridine rings is 1. The summed E-state index contributed by atoms with van der Waals surface area (Å²) >= 11 is 0. The Morgan fingerprint density at radius 3 is 1.57 bits per heavy atom. The molecule has 4 aromatic carbocycles. The van der Waals surface area contributed by atoms with Crippen LogP contribution in [0.2, 0.25) is 0 Å². The topological polar surface area (TPSA) is 12.9 Å². The van der Waals surface area contributed by atoms with E-state index in [1.54, 1.807) is 0 Å². The summed E-state index contributed by atoms with van der Waals surface area (Å²) in [5.41, 5.74) is 4.65. The molecule has 5 aromatic rings. The van der Waals surface area contributed by atoms with Gasteiger partial charge in [0.05, 0.1) is 0 Å². The molecule has 0 aliphatic heterocycles. The maximum absolute atomic E-state index is 4.48. The summed E-state index contributed by atoms with van der Waals surface area (Å²) in [5.74, 6) is 0. The minimum Gasteiger partial charge on any atom is -0.748 e. The Morgan fingerprint density at radius 1 is 0.607 bits per heavy atom. The summed E-state index contributed by atoms with van der Waals surface area (Å²) in [6, 6.07) is 40.7. The third kappa shape index (κ3) is 7.31. The molecule has 0 unspecified atom stereocenters. The van der Waals surface area contributed by atoms with Gasteiger partial charge in [-0.25, -0.2) is 12.1 Å². The van der Waals surface area contributed by atoms with Crippen LogP contribution in [0.1, 0.15) is 0 Å². The molecule has 0 aliphatic carbocycles. The average molecular weight is 447 g/mol. The Bertz CT molecular complexity index is 803. The van der Waals surface area contributed by atoms with Crippen molar-refractivity contribution in [3.8, 4) is 22.4 Å². The number of hydrogen-bond acceptors (Lipinski definition) is 1. The van der Waals surface area contributed by atoms with Gasteiger partial charge in [0.15, 0.2) is 0 Å². The van der Waals surface area contributed by atoms with Crippen LogP contribution in [0.4, 0.5) is 0 Å². The Balaban J connectivity index is 0.000000271. The van der Waals surface area contributed by atoms with Crippen LogP contribution in [-0.4, -0.2) is 4.98 Å². The Hall–Kier alpha value is -2.41. The van der Waals surface area contributed by atoms with Crippen LogP contribution in [0.15, 0.2) is 128 Å². The predicted molar refractivity (Wildman–Crippen MR) is 110 cm³/mol. The minimum absolute atomic E-state index is 0. The molecule has 5 rings (SSSR count). The fourth-order valence-corrected chi connectivity index (χ4v) is 2.60. The van der Waals surface area contributed by atoms with Crippen LogP contribution < -0.4 is 0 Å². The Morgan fingerprint density at radius 2 is 1.11 bits per heavy atom. The largest absolute Gasteiger partial charge is 0.748 e. The van der Waals surface area contributed by atoms with E-state index in [1.807, 2.05) is 85.1 Å².